The Balaban J connectivity index is 1.83. The molecule has 2 rings (SSSR count). The van der Waals surface area contributed by atoms with Crippen molar-refractivity contribution in [1.82, 2.24) is 15.3 Å². The molecule has 0 aromatic carbocycles. The van der Waals surface area contributed by atoms with Crippen LogP contribution in [0.15, 0.2) is 42.9 Å². The van der Waals surface area contributed by atoms with Gasteiger partial charge in [0.2, 0.25) is 0 Å². The van der Waals surface area contributed by atoms with E-state index in [-0.39, 0.29) is 18.6 Å². The first-order valence-corrected chi connectivity index (χ1v) is 6.40. The van der Waals surface area contributed by atoms with E-state index in [1.165, 1.54) is 0 Å². The molecule has 0 saturated carbocycles. The van der Waals surface area contributed by atoms with Crippen LogP contribution in [0, 0.1) is 6.92 Å². The Kier molecular flexibility index (Phi) is 4.65. The van der Waals surface area contributed by atoms with E-state index in [9.17, 15) is 4.79 Å². The van der Waals surface area contributed by atoms with E-state index in [0.29, 0.717) is 5.75 Å². The molecule has 0 radical (unpaired) electrons. The summed E-state index contributed by atoms with van der Waals surface area (Å²) < 4.78 is 5.33. The normalized spacial score (nSPS) is 11.7. The van der Waals surface area contributed by atoms with Gasteiger partial charge in [0.05, 0.1) is 12.2 Å². The number of nitrogens with one attached hydrogen (secondary N) is 1. The van der Waals surface area contributed by atoms with Crippen LogP contribution in [0.2, 0.25) is 0 Å². The van der Waals surface area contributed by atoms with Gasteiger partial charge in [-0.1, -0.05) is 6.07 Å². The fourth-order valence-corrected chi connectivity index (χ4v) is 1.68. The Morgan fingerprint density at radius 1 is 1.35 bits per heavy atom. The number of nitrogens with zero attached hydrogens (tertiary/aromatic N) is 2. The molecule has 1 N–H and O–H groups in total. The minimum atomic E-state index is -0.179. The second-order valence-corrected chi connectivity index (χ2v) is 4.50. The Bertz CT molecular complexity index is 555. The van der Waals surface area contributed by atoms with Crippen molar-refractivity contribution >= 4 is 5.91 Å². The first-order chi connectivity index (χ1) is 9.65. The summed E-state index contributed by atoms with van der Waals surface area (Å²) in [4.78, 5) is 19.9. The van der Waals surface area contributed by atoms with Gasteiger partial charge in [0.15, 0.2) is 6.61 Å². The summed E-state index contributed by atoms with van der Waals surface area (Å²) in [5.41, 5.74) is 1.91. The molecule has 0 fully saturated rings. The molecular formula is C15H17N3O2. The number of carbonyl (C=O) groups is 1. The number of hydrogen-bond donors (Lipinski definition) is 1. The average Bonchev–Trinajstić information content (AvgIpc) is 2.47. The van der Waals surface area contributed by atoms with Crippen molar-refractivity contribution < 1.29 is 9.53 Å². The Morgan fingerprint density at radius 3 is 2.85 bits per heavy atom. The Labute approximate surface area is 118 Å². The third-order valence-corrected chi connectivity index (χ3v) is 2.82. The van der Waals surface area contributed by atoms with Gasteiger partial charge in [-0.25, -0.2) is 0 Å². The number of aryl methyl sites for hydroxylation is 1. The van der Waals surface area contributed by atoms with Crippen molar-refractivity contribution in [3.8, 4) is 5.75 Å². The lowest BCUT2D eigenvalue weighted by molar-refractivity contribution is -0.123. The SMILES string of the molecule is Cc1ccc([C@@H](C)NC(=O)COc2cccnc2)cn1. The van der Waals surface area contributed by atoms with Crippen molar-refractivity contribution in [2.75, 3.05) is 6.61 Å². The fourth-order valence-electron chi connectivity index (χ4n) is 1.68. The van der Waals surface area contributed by atoms with Gasteiger partial charge < -0.3 is 10.1 Å². The highest BCUT2D eigenvalue weighted by Crippen LogP contribution is 2.11. The van der Waals surface area contributed by atoms with E-state index in [0.717, 1.165) is 11.3 Å². The predicted octanol–water partition coefficient (Wildman–Crippen LogP) is 2.04. The molecule has 1 atom stereocenters. The molecule has 5 nitrogen and oxygen atoms in total. The number of aromatic nitrogens is 2. The molecule has 2 aromatic heterocycles. The van der Waals surface area contributed by atoms with Crippen LogP contribution in [0.5, 0.6) is 5.75 Å². The van der Waals surface area contributed by atoms with Gasteiger partial charge in [-0.3, -0.25) is 14.8 Å². The zero-order valence-corrected chi connectivity index (χ0v) is 11.5. The summed E-state index contributed by atoms with van der Waals surface area (Å²) in [6.07, 6.45) is 4.99. The minimum Gasteiger partial charge on any atom is -0.482 e. The first kappa shape index (κ1) is 14.0. The Morgan fingerprint density at radius 2 is 2.20 bits per heavy atom. The van der Waals surface area contributed by atoms with Crippen molar-refractivity contribution in [2.24, 2.45) is 0 Å². The largest absolute Gasteiger partial charge is 0.482 e. The van der Waals surface area contributed by atoms with Crippen LogP contribution < -0.4 is 10.1 Å². The van der Waals surface area contributed by atoms with Crippen molar-refractivity contribution in [1.29, 1.82) is 0 Å². The van der Waals surface area contributed by atoms with Crippen molar-refractivity contribution in [3.05, 3.63) is 54.1 Å². The number of ether oxygens (including phenoxy) is 1. The summed E-state index contributed by atoms with van der Waals surface area (Å²) in [6, 6.07) is 7.29. The second-order valence-electron chi connectivity index (χ2n) is 4.50. The van der Waals surface area contributed by atoms with Crippen molar-refractivity contribution in [3.63, 3.8) is 0 Å². The zero-order valence-electron chi connectivity index (χ0n) is 11.5. The summed E-state index contributed by atoms with van der Waals surface area (Å²) >= 11 is 0. The van der Waals surface area contributed by atoms with Crippen LogP contribution in [0.1, 0.15) is 24.2 Å². The summed E-state index contributed by atoms with van der Waals surface area (Å²) in [6.45, 7) is 3.80. The molecule has 2 aromatic rings. The van der Waals surface area contributed by atoms with Crippen LogP contribution >= 0.6 is 0 Å². The molecule has 104 valence electrons. The lowest BCUT2D eigenvalue weighted by Gasteiger charge is -2.14. The molecule has 0 spiro atoms. The smallest absolute Gasteiger partial charge is 0.258 e. The van der Waals surface area contributed by atoms with Gasteiger partial charge in [0, 0.05) is 18.1 Å². The lowest BCUT2D eigenvalue weighted by Crippen LogP contribution is -2.31. The van der Waals surface area contributed by atoms with Gasteiger partial charge in [-0.2, -0.15) is 0 Å². The van der Waals surface area contributed by atoms with Gasteiger partial charge in [0.25, 0.3) is 5.91 Å². The van der Waals surface area contributed by atoms with E-state index >= 15 is 0 Å². The highest BCUT2D eigenvalue weighted by atomic mass is 16.5. The molecule has 0 aliphatic rings. The number of hydrogen-bond acceptors (Lipinski definition) is 4. The van der Waals surface area contributed by atoms with E-state index in [1.54, 1.807) is 30.7 Å². The van der Waals surface area contributed by atoms with E-state index < -0.39 is 0 Å². The second kappa shape index (κ2) is 6.65. The lowest BCUT2D eigenvalue weighted by atomic mass is 10.1. The predicted molar refractivity (Wildman–Crippen MR) is 75.3 cm³/mol. The van der Waals surface area contributed by atoms with Crippen LogP contribution in [-0.4, -0.2) is 22.5 Å². The molecule has 0 aliphatic heterocycles. The van der Waals surface area contributed by atoms with Crippen LogP contribution in [0.3, 0.4) is 0 Å². The summed E-state index contributed by atoms with van der Waals surface area (Å²) in [5.74, 6) is 0.397. The molecule has 20 heavy (non-hydrogen) atoms. The first-order valence-electron chi connectivity index (χ1n) is 6.40. The molecule has 1 amide bonds. The number of amides is 1. The quantitative estimate of drug-likeness (QED) is 0.904. The zero-order chi connectivity index (χ0) is 14.4. The third-order valence-electron chi connectivity index (χ3n) is 2.82. The third kappa shape index (κ3) is 4.05. The highest BCUT2D eigenvalue weighted by Gasteiger charge is 2.10. The van der Waals surface area contributed by atoms with Crippen LogP contribution in [0.25, 0.3) is 0 Å². The maximum absolute atomic E-state index is 11.8. The monoisotopic (exact) mass is 271 g/mol. The number of carbonyl (C=O) groups excluding carboxylic acids is 1. The molecule has 0 unspecified atom stereocenters. The minimum absolute atomic E-state index is 0.0324. The summed E-state index contributed by atoms with van der Waals surface area (Å²) in [5, 5.41) is 2.86. The van der Waals surface area contributed by atoms with Gasteiger partial charge in [0.1, 0.15) is 5.75 Å². The van der Waals surface area contributed by atoms with E-state index in [4.69, 9.17) is 4.74 Å². The number of rotatable bonds is 5. The average molecular weight is 271 g/mol. The molecule has 0 saturated heterocycles. The molecule has 5 heteroatoms. The highest BCUT2D eigenvalue weighted by molar-refractivity contribution is 5.77. The fraction of sp³-hybridized carbons (Fsp3) is 0.267. The van der Waals surface area contributed by atoms with Crippen molar-refractivity contribution in [2.45, 2.75) is 19.9 Å². The Hall–Kier alpha value is -2.43. The van der Waals surface area contributed by atoms with Gasteiger partial charge in [-0.15, -0.1) is 0 Å². The molecule has 0 aliphatic carbocycles. The summed E-state index contributed by atoms with van der Waals surface area (Å²) in [7, 11) is 0. The maximum atomic E-state index is 11.8. The van der Waals surface area contributed by atoms with Gasteiger partial charge in [-0.05, 0) is 37.6 Å². The van der Waals surface area contributed by atoms with E-state index in [1.807, 2.05) is 26.0 Å². The molecule has 0 bridgehead atoms. The van der Waals surface area contributed by atoms with Crippen LogP contribution in [0.4, 0.5) is 0 Å². The van der Waals surface area contributed by atoms with Gasteiger partial charge >= 0.3 is 0 Å². The topological polar surface area (TPSA) is 64.1 Å². The maximum Gasteiger partial charge on any atom is 0.258 e. The van der Waals surface area contributed by atoms with Crippen LogP contribution in [-0.2, 0) is 4.79 Å². The standard InChI is InChI=1S/C15H17N3O2/c1-11-5-6-13(8-17-11)12(2)18-15(19)10-20-14-4-3-7-16-9-14/h3-9,12H,10H2,1-2H3,(H,18,19)/t12-/m1/s1. The number of pyridine rings is 2. The molecule has 2 heterocycles. The van der Waals surface area contributed by atoms with E-state index in [2.05, 4.69) is 15.3 Å². The molecular weight excluding hydrogens is 254 g/mol.